The van der Waals surface area contributed by atoms with Crippen LogP contribution in [0.15, 0.2) is 54.6 Å². The molecule has 3 aromatic rings. The Balaban J connectivity index is 1.98. The fraction of sp³-hybridized carbons (Fsp3) is 0.273. The molecule has 0 saturated carbocycles. The van der Waals surface area contributed by atoms with Gasteiger partial charge in [0.25, 0.3) is 5.91 Å². The highest BCUT2D eigenvalue weighted by atomic mass is 35.5. The number of hydrogen-bond acceptors (Lipinski definition) is 2. The number of aryl methyl sites for hydroxylation is 1. The third-order valence-corrected chi connectivity index (χ3v) is 4.87. The molecule has 1 heterocycles. The molecule has 0 unspecified atom stereocenters. The van der Waals surface area contributed by atoms with Crippen molar-refractivity contribution in [2.45, 2.75) is 33.2 Å². The van der Waals surface area contributed by atoms with E-state index in [0.29, 0.717) is 23.6 Å². The first kappa shape index (κ1) is 19.2. The number of carbonyl (C=O) groups excluding carboxylic acids is 1. The first-order valence-corrected chi connectivity index (χ1v) is 9.59. The second-order valence-corrected chi connectivity index (χ2v) is 6.95. The molecule has 1 aromatic heterocycles. The SMILES string of the molecule is CCc1nn(-c2ccc(Cl)cc2)c(CC)c1C(=O)N(C)Cc1ccccc1. The molecular weight excluding hydrogens is 358 g/mol. The van der Waals surface area contributed by atoms with E-state index in [-0.39, 0.29) is 5.91 Å². The van der Waals surface area contributed by atoms with Crippen LogP contribution in [-0.2, 0) is 19.4 Å². The van der Waals surface area contributed by atoms with Crippen molar-refractivity contribution in [3.63, 3.8) is 0 Å². The second-order valence-electron chi connectivity index (χ2n) is 6.51. The molecule has 0 spiro atoms. The number of benzene rings is 2. The minimum absolute atomic E-state index is 0.00719. The van der Waals surface area contributed by atoms with E-state index in [2.05, 4.69) is 6.92 Å². The van der Waals surface area contributed by atoms with Crippen LogP contribution in [0.2, 0.25) is 5.02 Å². The monoisotopic (exact) mass is 381 g/mol. The second kappa shape index (κ2) is 8.40. The van der Waals surface area contributed by atoms with Crippen LogP contribution in [-0.4, -0.2) is 27.6 Å². The summed E-state index contributed by atoms with van der Waals surface area (Å²) in [6.07, 6.45) is 1.42. The third kappa shape index (κ3) is 4.06. The normalized spacial score (nSPS) is 10.8. The number of nitrogens with zero attached hydrogens (tertiary/aromatic N) is 3. The van der Waals surface area contributed by atoms with Crippen molar-refractivity contribution in [1.29, 1.82) is 0 Å². The summed E-state index contributed by atoms with van der Waals surface area (Å²) >= 11 is 6.02. The molecular formula is C22H24ClN3O. The van der Waals surface area contributed by atoms with Gasteiger partial charge in [-0.1, -0.05) is 55.8 Å². The molecule has 27 heavy (non-hydrogen) atoms. The van der Waals surface area contributed by atoms with Gasteiger partial charge in [0.05, 0.1) is 22.6 Å². The molecule has 0 aliphatic carbocycles. The number of carbonyl (C=O) groups is 1. The first-order valence-electron chi connectivity index (χ1n) is 9.21. The molecule has 3 rings (SSSR count). The van der Waals surface area contributed by atoms with Crippen LogP contribution in [0.1, 0.15) is 41.2 Å². The van der Waals surface area contributed by atoms with E-state index in [1.54, 1.807) is 4.90 Å². The Morgan fingerprint density at radius 1 is 1.04 bits per heavy atom. The van der Waals surface area contributed by atoms with Crippen LogP contribution in [0.3, 0.4) is 0 Å². The number of hydrogen-bond donors (Lipinski definition) is 0. The van der Waals surface area contributed by atoms with Crippen LogP contribution in [0.4, 0.5) is 0 Å². The van der Waals surface area contributed by atoms with E-state index in [4.69, 9.17) is 16.7 Å². The summed E-state index contributed by atoms with van der Waals surface area (Å²) in [6.45, 7) is 4.65. The molecule has 0 bridgehead atoms. The highest BCUT2D eigenvalue weighted by Gasteiger charge is 2.25. The Kier molecular flexibility index (Phi) is 5.97. The molecule has 0 N–H and O–H groups in total. The fourth-order valence-corrected chi connectivity index (χ4v) is 3.37. The van der Waals surface area contributed by atoms with E-state index in [0.717, 1.165) is 29.1 Å². The topological polar surface area (TPSA) is 38.1 Å². The third-order valence-electron chi connectivity index (χ3n) is 4.62. The molecule has 4 nitrogen and oxygen atoms in total. The van der Waals surface area contributed by atoms with Gasteiger partial charge >= 0.3 is 0 Å². The molecule has 0 saturated heterocycles. The summed E-state index contributed by atoms with van der Waals surface area (Å²) in [6, 6.07) is 17.5. The van der Waals surface area contributed by atoms with Crippen LogP contribution in [0.25, 0.3) is 5.69 Å². The predicted octanol–water partition coefficient (Wildman–Crippen LogP) is 4.92. The lowest BCUT2D eigenvalue weighted by Gasteiger charge is -2.18. The van der Waals surface area contributed by atoms with Crippen LogP contribution in [0.5, 0.6) is 0 Å². The zero-order valence-corrected chi connectivity index (χ0v) is 16.7. The molecule has 0 fully saturated rings. The molecule has 0 radical (unpaired) electrons. The summed E-state index contributed by atoms with van der Waals surface area (Å²) in [5.41, 5.74) is 4.49. The Labute approximate surface area is 165 Å². The summed E-state index contributed by atoms with van der Waals surface area (Å²) in [5.74, 6) is 0.00719. The van der Waals surface area contributed by atoms with Gasteiger partial charge in [-0.3, -0.25) is 4.79 Å². The fourth-order valence-electron chi connectivity index (χ4n) is 3.24. The van der Waals surface area contributed by atoms with Crippen molar-refractivity contribution in [2.75, 3.05) is 7.05 Å². The average Bonchev–Trinajstić information content (AvgIpc) is 3.07. The zero-order valence-electron chi connectivity index (χ0n) is 15.9. The van der Waals surface area contributed by atoms with Crippen molar-refractivity contribution < 1.29 is 4.79 Å². The molecule has 0 atom stereocenters. The number of rotatable bonds is 6. The lowest BCUT2D eigenvalue weighted by Crippen LogP contribution is -2.27. The largest absolute Gasteiger partial charge is 0.337 e. The molecule has 0 aliphatic rings. The Morgan fingerprint density at radius 2 is 1.70 bits per heavy atom. The van der Waals surface area contributed by atoms with E-state index >= 15 is 0 Å². The van der Waals surface area contributed by atoms with Gasteiger partial charge < -0.3 is 4.90 Å². The molecule has 0 aliphatic heterocycles. The molecule has 140 valence electrons. The molecule has 2 aromatic carbocycles. The first-order chi connectivity index (χ1) is 13.0. The summed E-state index contributed by atoms with van der Waals surface area (Å²) in [4.78, 5) is 15.0. The van der Waals surface area contributed by atoms with E-state index in [1.807, 2.05) is 73.3 Å². The van der Waals surface area contributed by atoms with Gasteiger partial charge in [0.15, 0.2) is 0 Å². The van der Waals surface area contributed by atoms with Crippen LogP contribution in [0, 0.1) is 0 Å². The van der Waals surface area contributed by atoms with Gasteiger partial charge in [0.2, 0.25) is 0 Å². The van der Waals surface area contributed by atoms with Gasteiger partial charge in [0, 0.05) is 18.6 Å². The summed E-state index contributed by atoms with van der Waals surface area (Å²) in [7, 11) is 1.84. The van der Waals surface area contributed by atoms with Crippen molar-refractivity contribution in [1.82, 2.24) is 14.7 Å². The average molecular weight is 382 g/mol. The van der Waals surface area contributed by atoms with Gasteiger partial charge in [-0.25, -0.2) is 4.68 Å². The quantitative estimate of drug-likeness (QED) is 0.607. The van der Waals surface area contributed by atoms with Crippen molar-refractivity contribution in [3.8, 4) is 5.69 Å². The Hall–Kier alpha value is -2.59. The summed E-state index contributed by atoms with van der Waals surface area (Å²) < 4.78 is 1.87. The maximum atomic E-state index is 13.3. The number of aromatic nitrogens is 2. The van der Waals surface area contributed by atoms with Crippen molar-refractivity contribution in [3.05, 3.63) is 82.1 Å². The predicted molar refractivity (Wildman–Crippen MR) is 110 cm³/mol. The van der Waals surface area contributed by atoms with Crippen molar-refractivity contribution >= 4 is 17.5 Å². The zero-order chi connectivity index (χ0) is 19.4. The maximum absolute atomic E-state index is 13.3. The van der Waals surface area contributed by atoms with Crippen molar-refractivity contribution in [2.24, 2.45) is 0 Å². The number of amides is 1. The highest BCUT2D eigenvalue weighted by molar-refractivity contribution is 6.30. The number of halogens is 1. The lowest BCUT2D eigenvalue weighted by atomic mass is 10.1. The van der Waals surface area contributed by atoms with Crippen LogP contribution >= 0.6 is 11.6 Å². The van der Waals surface area contributed by atoms with E-state index < -0.39 is 0 Å². The minimum Gasteiger partial charge on any atom is -0.337 e. The standard InChI is InChI=1S/C22H24ClN3O/c1-4-19-21(22(27)25(3)15-16-9-7-6-8-10-16)20(5-2)26(24-19)18-13-11-17(23)12-14-18/h6-14H,4-5,15H2,1-3H3. The van der Waals surface area contributed by atoms with Gasteiger partial charge in [-0.2, -0.15) is 5.10 Å². The molecule has 5 heteroatoms. The Bertz CT molecular complexity index is 917. The van der Waals surface area contributed by atoms with Crippen LogP contribution < -0.4 is 0 Å². The van der Waals surface area contributed by atoms with Gasteiger partial charge in [0.1, 0.15) is 0 Å². The van der Waals surface area contributed by atoms with Gasteiger partial charge in [-0.15, -0.1) is 0 Å². The summed E-state index contributed by atoms with van der Waals surface area (Å²) in [5, 5.41) is 5.42. The Morgan fingerprint density at radius 3 is 2.30 bits per heavy atom. The lowest BCUT2D eigenvalue weighted by molar-refractivity contribution is 0.0783. The van der Waals surface area contributed by atoms with Gasteiger partial charge in [-0.05, 0) is 42.7 Å². The smallest absolute Gasteiger partial charge is 0.257 e. The molecule has 1 amide bonds. The minimum atomic E-state index is 0.00719. The maximum Gasteiger partial charge on any atom is 0.257 e. The highest BCUT2D eigenvalue weighted by Crippen LogP contribution is 2.23. The van der Waals surface area contributed by atoms with E-state index in [9.17, 15) is 4.79 Å². The van der Waals surface area contributed by atoms with E-state index in [1.165, 1.54) is 0 Å².